The molecule has 0 radical (unpaired) electrons. The molecule has 3 aliphatic rings. The van der Waals surface area contributed by atoms with Gasteiger partial charge >= 0.3 is 0 Å². The van der Waals surface area contributed by atoms with E-state index in [9.17, 15) is 0 Å². The van der Waals surface area contributed by atoms with Crippen molar-refractivity contribution in [2.24, 2.45) is 0 Å². The van der Waals surface area contributed by atoms with E-state index in [1.165, 1.54) is 37.9 Å². The molecule has 0 bridgehead atoms. The lowest BCUT2D eigenvalue weighted by atomic mass is 9.89. The maximum absolute atomic E-state index is 6.34. The van der Waals surface area contributed by atoms with Crippen LogP contribution in [0.15, 0.2) is 16.8 Å². The van der Waals surface area contributed by atoms with Crippen LogP contribution in [0.2, 0.25) is 0 Å². The van der Waals surface area contributed by atoms with Crippen LogP contribution < -0.4 is 4.90 Å². The molecule has 122 valence electrons. The Hall–Kier alpha value is -0.620. The SMILES string of the molecule is c1cc(N2CCC[C@@]3(C2)CN(C2CCOCC2)CCO3)cs1. The second kappa shape index (κ2) is 6.48. The van der Waals surface area contributed by atoms with E-state index in [2.05, 4.69) is 26.6 Å². The highest BCUT2D eigenvalue weighted by molar-refractivity contribution is 7.08. The highest BCUT2D eigenvalue weighted by atomic mass is 32.1. The lowest BCUT2D eigenvalue weighted by Crippen LogP contribution is -2.61. The first-order valence-electron chi connectivity index (χ1n) is 8.58. The molecule has 4 heterocycles. The summed E-state index contributed by atoms with van der Waals surface area (Å²) >= 11 is 1.78. The largest absolute Gasteiger partial charge is 0.381 e. The van der Waals surface area contributed by atoms with Crippen LogP contribution in [0.5, 0.6) is 0 Å². The van der Waals surface area contributed by atoms with Gasteiger partial charge in [-0.05, 0) is 37.1 Å². The predicted octanol–water partition coefficient (Wildman–Crippen LogP) is 2.60. The molecule has 0 aliphatic carbocycles. The quantitative estimate of drug-likeness (QED) is 0.835. The zero-order chi connectivity index (χ0) is 14.8. The van der Waals surface area contributed by atoms with E-state index in [-0.39, 0.29) is 5.60 Å². The highest BCUT2D eigenvalue weighted by Gasteiger charge is 2.42. The fraction of sp³-hybridized carbons (Fsp3) is 0.765. The number of piperidine rings is 1. The van der Waals surface area contributed by atoms with Crippen molar-refractivity contribution in [3.63, 3.8) is 0 Å². The summed E-state index contributed by atoms with van der Waals surface area (Å²) in [7, 11) is 0. The zero-order valence-electron chi connectivity index (χ0n) is 13.2. The summed E-state index contributed by atoms with van der Waals surface area (Å²) in [5.74, 6) is 0. The van der Waals surface area contributed by atoms with Crippen molar-refractivity contribution in [2.75, 3.05) is 50.9 Å². The molecule has 3 saturated heterocycles. The first-order chi connectivity index (χ1) is 10.8. The average molecular weight is 322 g/mol. The molecule has 1 aromatic rings. The van der Waals surface area contributed by atoms with Crippen molar-refractivity contribution in [1.82, 2.24) is 4.90 Å². The molecule has 0 unspecified atom stereocenters. The van der Waals surface area contributed by atoms with Crippen molar-refractivity contribution in [2.45, 2.75) is 37.3 Å². The normalized spacial score (nSPS) is 31.7. The highest BCUT2D eigenvalue weighted by Crippen LogP contribution is 2.33. The van der Waals surface area contributed by atoms with Crippen molar-refractivity contribution in [3.05, 3.63) is 16.8 Å². The van der Waals surface area contributed by atoms with Crippen LogP contribution in [0.3, 0.4) is 0 Å². The number of hydrogen-bond acceptors (Lipinski definition) is 5. The van der Waals surface area contributed by atoms with Crippen molar-refractivity contribution >= 4 is 17.0 Å². The van der Waals surface area contributed by atoms with Gasteiger partial charge in [0.1, 0.15) is 0 Å². The summed E-state index contributed by atoms with van der Waals surface area (Å²) in [5.41, 5.74) is 1.41. The molecule has 1 atom stereocenters. The van der Waals surface area contributed by atoms with Gasteiger partial charge in [-0.25, -0.2) is 0 Å². The molecule has 1 spiro atoms. The number of ether oxygens (including phenoxy) is 2. The van der Waals surface area contributed by atoms with Crippen LogP contribution in [0.1, 0.15) is 25.7 Å². The Balaban J connectivity index is 1.45. The van der Waals surface area contributed by atoms with Gasteiger partial charge in [0, 0.05) is 56.5 Å². The Labute approximate surface area is 137 Å². The summed E-state index contributed by atoms with van der Waals surface area (Å²) in [4.78, 5) is 5.20. The summed E-state index contributed by atoms with van der Waals surface area (Å²) in [6.45, 7) is 7.13. The summed E-state index contributed by atoms with van der Waals surface area (Å²) in [5, 5.41) is 4.44. The number of morpholine rings is 1. The average Bonchev–Trinajstić information content (AvgIpc) is 3.10. The molecular weight excluding hydrogens is 296 g/mol. The second-order valence-corrected chi connectivity index (χ2v) is 7.63. The van der Waals surface area contributed by atoms with E-state index < -0.39 is 0 Å². The molecule has 0 N–H and O–H groups in total. The van der Waals surface area contributed by atoms with Gasteiger partial charge < -0.3 is 14.4 Å². The first-order valence-corrected chi connectivity index (χ1v) is 9.52. The first kappa shape index (κ1) is 14.9. The number of nitrogens with zero attached hydrogens (tertiary/aromatic N) is 2. The third kappa shape index (κ3) is 3.04. The van der Waals surface area contributed by atoms with E-state index in [4.69, 9.17) is 9.47 Å². The van der Waals surface area contributed by atoms with Crippen LogP contribution >= 0.6 is 11.3 Å². The van der Waals surface area contributed by atoms with Gasteiger partial charge in [0.25, 0.3) is 0 Å². The van der Waals surface area contributed by atoms with Crippen LogP contribution in [-0.2, 0) is 9.47 Å². The fourth-order valence-electron chi connectivity index (χ4n) is 4.24. The molecule has 0 aromatic carbocycles. The minimum Gasteiger partial charge on any atom is -0.381 e. The minimum absolute atomic E-state index is 0.0384. The Morgan fingerprint density at radius 1 is 1.14 bits per heavy atom. The lowest BCUT2D eigenvalue weighted by Gasteiger charge is -2.50. The molecule has 4 nitrogen and oxygen atoms in total. The summed E-state index contributed by atoms with van der Waals surface area (Å²) < 4.78 is 11.9. The van der Waals surface area contributed by atoms with Crippen molar-refractivity contribution in [1.29, 1.82) is 0 Å². The van der Waals surface area contributed by atoms with E-state index in [0.29, 0.717) is 6.04 Å². The van der Waals surface area contributed by atoms with E-state index >= 15 is 0 Å². The molecular formula is C17H26N2O2S. The molecule has 0 saturated carbocycles. The number of anilines is 1. The van der Waals surface area contributed by atoms with Crippen LogP contribution in [0.25, 0.3) is 0 Å². The maximum atomic E-state index is 6.34. The predicted molar refractivity (Wildman–Crippen MR) is 89.9 cm³/mol. The van der Waals surface area contributed by atoms with Gasteiger partial charge in [0.2, 0.25) is 0 Å². The molecule has 3 aliphatic heterocycles. The molecule has 22 heavy (non-hydrogen) atoms. The molecule has 3 fully saturated rings. The molecule has 4 rings (SSSR count). The number of rotatable bonds is 2. The zero-order valence-corrected chi connectivity index (χ0v) is 14.0. The Bertz CT molecular complexity index is 471. The van der Waals surface area contributed by atoms with Gasteiger partial charge in [-0.15, -0.1) is 0 Å². The van der Waals surface area contributed by atoms with Gasteiger partial charge in [-0.3, -0.25) is 4.90 Å². The number of thiophene rings is 1. The van der Waals surface area contributed by atoms with E-state index in [1.54, 1.807) is 11.3 Å². The maximum Gasteiger partial charge on any atom is 0.0983 e. The van der Waals surface area contributed by atoms with Crippen LogP contribution in [-0.4, -0.2) is 62.5 Å². The molecule has 0 amide bonds. The summed E-state index contributed by atoms with van der Waals surface area (Å²) in [6.07, 6.45) is 4.81. The van der Waals surface area contributed by atoms with Gasteiger partial charge in [-0.1, -0.05) is 0 Å². The number of hydrogen-bond donors (Lipinski definition) is 0. The monoisotopic (exact) mass is 322 g/mol. The standard InChI is InChI=1S/C17H26N2O2S/c1-5-17(13-18(6-1)16-4-11-22-12-16)14-19(7-10-21-17)15-2-8-20-9-3-15/h4,11-12,15H,1-3,5-10,13-14H2/t17-/m1/s1. The van der Waals surface area contributed by atoms with E-state index in [0.717, 1.165) is 39.5 Å². The third-order valence-electron chi connectivity index (χ3n) is 5.40. The third-order valence-corrected chi connectivity index (χ3v) is 6.07. The molecule has 1 aromatic heterocycles. The van der Waals surface area contributed by atoms with Gasteiger partial charge in [0.05, 0.1) is 12.2 Å². The summed E-state index contributed by atoms with van der Waals surface area (Å²) in [6, 6.07) is 2.94. The second-order valence-electron chi connectivity index (χ2n) is 6.85. The smallest absolute Gasteiger partial charge is 0.0983 e. The molecule has 5 heteroatoms. The van der Waals surface area contributed by atoms with Crippen molar-refractivity contribution < 1.29 is 9.47 Å². The van der Waals surface area contributed by atoms with Crippen LogP contribution in [0.4, 0.5) is 5.69 Å². The Morgan fingerprint density at radius 3 is 2.86 bits per heavy atom. The lowest BCUT2D eigenvalue weighted by molar-refractivity contribution is -0.130. The van der Waals surface area contributed by atoms with E-state index in [1.807, 2.05) is 0 Å². The Morgan fingerprint density at radius 2 is 2.05 bits per heavy atom. The van der Waals surface area contributed by atoms with Gasteiger partial charge in [0.15, 0.2) is 0 Å². The topological polar surface area (TPSA) is 24.9 Å². The van der Waals surface area contributed by atoms with Crippen molar-refractivity contribution in [3.8, 4) is 0 Å². The minimum atomic E-state index is 0.0384. The fourth-order valence-corrected chi connectivity index (χ4v) is 4.90. The Kier molecular flexibility index (Phi) is 4.40. The van der Waals surface area contributed by atoms with Crippen LogP contribution in [0, 0.1) is 0 Å². The van der Waals surface area contributed by atoms with Gasteiger partial charge in [-0.2, -0.15) is 11.3 Å².